The molecule has 2 aromatic rings. The molecular formula is C17H19ClN2O4S. The molecule has 1 unspecified atom stereocenters. The third kappa shape index (κ3) is 5.95. The van der Waals surface area contributed by atoms with Gasteiger partial charge in [0.25, 0.3) is 0 Å². The number of hydrogen-bond donors (Lipinski definition) is 2. The first-order valence-electron chi connectivity index (χ1n) is 7.50. The Kier molecular flexibility index (Phi) is 6.27. The number of hydrogen-bond acceptors (Lipinski definition) is 4. The molecule has 0 radical (unpaired) electrons. The van der Waals surface area contributed by atoms with Gasteiger partial charge >= 0.3 is 0 Å². The molecule has 0 aliphatic carbocycles. The summed E-state index contributed by atoms with van der Waals surface area (Å²) in [7, 11) is -2.19. The third-order valence-corrected chi connectivity index (χ3v) is 5.11. The van der Waals surface area contributed by atoms with Crippen LogP contribution in [0, 0.1) is 5.92 Å². The summed E-state index contributed by atoms with van der Waals surface area (Å²) in [6.45, 7) is 1.55. The summed E-state index contributed by atoms with van der Waals surface area (Å²) in [6, 6.07) is 13.1. The Bertz CT molecular complexity index is 838. The van der Waals surface area contributed by atoms with Crippen LogP contribution in [0.2, 0.25) is 5.02 Å². The zero-order chi connectivity index (χ0) is 18.4. The first-order valence-corrected chi connectivity index (χ1v) is 9.53. The van der Waals surface area contributed by atoms with Gasteiger partial charge in [-0.2, -0.15) is 0 Å². The maximum Gasteiger partial charge on any atom is 0.233 e. The molecule has 8 heteroatoms. The van der Waals surface area contributed by atoms with Gasteiger partial charge in [0.2, 0.25) is 15.9 Å². The summed E-state index contributed by atoms with van der Waals surface area (Å²) < 4.78 is 32.0. The van der Waals surface area contributed by atoms with Crippen molar-refractivity contribution in [3.63, 3.8) is 0 Å². The number of rotatable bonds is 7. The predicted octanol–water partition coefficient (Wildman–Crippen LogP) is 3.37. The number of amides is 1. The van der Waals surface area contributed by atoms with Gasteiger partial charge in [-0.05, 0) is 36.4 Å². The van der Waals surface area contributed by atoms with Crippen LogP contribution in [-0.2, 0) is 14.8 Å². The minimum absolute atomic E-state index is 0.344. The smallest absolute Gasteiger partial charge is 0.233 e. The zero-order valence-corrected chi connectivity index (χ0v) is 15.4. The molecule has 0 spiro atoms. The molecule has 1 amide bonds. The highest BCUT2D eigenvalue weighted by Crippen LogP contribution is 2.19. The summed E-state index contributed by atoms with van der Waals surface area (Å²) in [4.78, 5) is 12.2. The van der Waals surface area contributed by atoms with Gasteiger partial charge in [0.05, 0.1) is 24.5 Å². The van der Waals surface area contributed by atoms with E-state index in [1.54, 1.807) is 55.5 Å². The third-order valence-electron chi connectivity index (χ3n) is 3.37. The molecule has 2 rings (SSSR count). The summed E-state index contributed by atoms with van der Waals surface area (Å²) in [5.74, 6) is -0.935. The molecule has 1 atom stereocenters. The molecule has 25 heavy (non-hydrogen) atoms. The second kappa shape index (κ2) is 8.22. The van der Waals surface area contributed by atoms with E-state index in [9.17, 15) is 13.2 Å². The van der Waals surface area contributed by atoms with Crippen molar-refractivity contribution in [2.45, 2.75) is 6.92 Å². The van der Waals surface area contributed by atoms with Crippen molar-refractivity contribution in [2.75, 3.05) is 22.9 Å². The van der Waals surface area contributed by atoms with Crippen molar-refractivity contribution in [3.05, 3.63) is 53.6 Å². The molecule has 0 bridgehead atoms. The molecule has 0 aliphatic heterocycles. The van der Waals surface area contributed by atoms with E-state index in [2.05, 4.69) is 10.0 Å². The molecule has 6 nitrogen and oxygen atoms in total. The first-order chi connectivity index (χ1) is 11.8. The lowest BCUT2D eigenvalue weighted by Crippen LogP contribution is -2.29. The van der Waals surface area contributed by atoms with Crippen molar-refractivity contribution in [2.24, 2.45) is 5.92 Å². The van der Waals surface area contributed by atoms with Crippen molar-refractivity contribution in [3.8, 4) is 5.75 Å². The summed E-state index contributed by atoms with van der Waals surface area (Å²) in [5, 5.41) is 3.22. The Morgan fingerprint density at radius 3 is 2.48 bits per heavy atom. The lowest BCUT2D eigenvalue weighted by atomic mass is 10.2. The van der Waals surface area contributed by atoms with Gasteiger partial charge in [-0.1, -0.05) is 24.6 Å². The minimum Gasteiger partial charge on any atom is -0.497 e. The first kappa shape index (κ1) is 19.1. The van der Waals surface area contributed by atoms with Crippen LogP contribution in [0.4, 0.5) is 11.4 Å². The van der Waals surface area contributed by atoms with Crippen molar-refractivity contribution in [1.82, 2.24) is 0 Å². The van der Waals surface area contributed by atoms with E-state index >= 15 is 0 Å². The van der Waals surface area contributed by atoms with Crippen LogP contribution in [0.25, 0.3) is 0 Å². The van der Waals surface area contributed by atoms with Crippen LogP contribution in [0.15, 0.2) is 48.5 Å². The second-order valence-electron chi connectivity index (χ2n) is 5.51. The van der Waals surface area contributed by atoms with Gasteiger partial charge < -0.3 is 10.1 Å². The van der Waals surface area contributed by atoms with E-state index in [-0.39, 0.29) is 5.75 Å². The molecule has 0 aliphatic rings. The van der Waals surface area contributed by atoms with E-state index in [4.69, 9.17) is 16.3 Å². The minimum atomic E-state index is -3.69. The number of anilines is 2. The summed E-state index contributed by atoms with van der Waals surface area (Å²) in [5.41, 5.74) is 0.934. The fourth-order valence-corrected chi connectivity index (χ4v) is 3.62. The van der Waals surface area contributed by atoms with Crippen molar-refractivity contribution in [1.29, 1.82) is 0 Å². The van der Waals surface area contributed by atoms with Gasteiger partial charge in [-0.25, -0.2) is 8.42 Å². The molecule has 0 heterocycles. The van der Waals surface area contributed by atoms with Crippen molar-refractivity contribution >= 4 is 38.9 Å². The average Bonchev–Trinajstić information content (AvgIpc) is 2.56. The van der Waals surface area contributed by atoms with E-state index in [0.717, 1.165) is 0 Å². The van der Waals surface area contributed by atoms with Gasteiger partial charge in [-0.15, -0.1) is 0 Å². The predicted molar refractivity (Wildman–Crippen MR) is 99.6 cm³/mol. The zero-order valence-electron chi connectivity index (χ0n) is 13.8. The fourth-order valence-electron chi connectivity index (χ4n) is 2.11. The molecule has 2 aromatic carbocycles. The normalized spacial score (nSPS) is 12.3. The topological polar surface area (TPSA) is 84.5 Å². The Hall–Kier alpha value is -2.25. The van der Waals surface area contributed by atoms with E-state index in [0.29, 0.717) is 22.1 Å². The maximum absolute atomic E-state index is 12.3. The number of carbonyl (C=O) groups excluding carboxylic acids is 1. The van der Waals surface area contributed by atoms with E-state index < -0.39 is 21.8 Å². The Morgan fingerprint density at radius 2 is 1.84 bits per heavy atom. The van der Waals surface area contributed by atoms with Gasteiger partial charge in [-0.3, -0.25) is 9.52 Å². The van der Waals surface area contributed by atoms with Gasteiger partial charge in [0.1, 0.15) is 5.75 Å². The largest absolute Gasteiger partial charge is 0.497 e. The Labute approximate surface area is 152 Å². The fraction of sp³-hybridized carbons (Fsp3) is 0.235. The van der Waals surface area contributed by atoms with Crippen LogP contribution in [-0.4, -0.2) is 27.2 Å². The number of methoxy groups -OCH3 is 1. The molecule has 2 N–H and O–H groups in total. The quantitative estimate of drug-likeness (QED) is 0.768. The number of nitrogens with one attached hydrogen (secondary N) is 2. The van der Waals surface area contributed by atoms with Gasteiger partial charge in [0, 0.05) is 16.8 Å². The number of benzene rings is 2. The number of halogens is 1. The maximum atomic E-state index is 12.3. The summed E-state index contributed by atoms with van der Waals surface area (Å²) in [6.07, 6.45) is 0. The van der Waals surface area contributed by atoms with Crippen molar-refractivity contribution < 1.29 is 17.9 Å². The highest BCUT2D eigenvalue weighted by molar-refractivity contribution is 7.92. The monoisotopic (exact) mass is 382 g/mol. The Balaban J connectivity index is 1.98. The van der Waals surface area contributed by atoms with Crippen LogP contribution >= 0.6 is 11.6 Å². The SMILES string of the molecule is COc1cccc(NS(=O)(=O)CC(C)C(=O)Nc2ccc(Cl)cc2)c1. The van der Waals surface area contributed by atoms with Crippen LogP contribution in [0.5, 0.6) is 5.75 Å². The van der Waals surface area contributed by atoms with E-state index in [1.165, 1.54) is 7.11 Å². The molecule has 134 valence electrons. The number of carbonyl (C=O) groups is 1. The number of ether oxygens (including phenoxy) is 1. The van der Waals surface area contributed by atoms with E-state index in [1.807, 2.05) is 0 Å². The second-order valence-corrected chi connectivity index (χ2v) is 7.72. The van der Waals surface area contributed by atoms with Crippen LogP contribution < -0.4 is 14.8 Å². The highest BCUT2D eigenvalue weighted by Gasteiger charge is 2.22. The molecule has 0 aromatic heterocycles. The average molecular weight is 383 g/mol. The van der Waals surface area contributed by atoms with Crippen LogP contribution in [0.1, 0.15) is 6.92 Å². The molecule has 0 saturated heterocycles. The molecule has 0 fully saturated rings. The lowest BCUT2D eigenvalue weighted by Gasteiger charge is -2.14. The molecular weight excluding hydrogens is 364 g/mol. The Morgan fingerprint density at radius 1 is 1.16 bits per heavy atom. The summed E-state index contributed by atoms with van der Waals surface area (Å²) >= 11 is 5.79. The highest BCUT2D eigenvalue weighted by atomic mass is 35.5. The number of sulfonamides is 1. The lowest BCUT2D eigenvalue weighted by molar-refractivity contribution is -0.118. The molecule has 0 saturated carbocycles. The van der Waals surface area contributed by atoms with Crippen LogP contribution in [0.3, 0.4) is 0 Å². The van der Waals surface area contributed by atoms with Gasteiger partial charge in [0.15, 0.2) is 0 Å². The standard InChI is InChI=1S/C17H19ClN2O4S/c1-12(17(21)19-14-8-6-13(18)7-9-14)11-25(22,23)20-15-4-3-5-16(10-15)24-2/h3-10,12,20H,11H2,1-2H3,(H,19,21).